The zero-order valence-electron chi connectivity index (χ0n) is 16.2. The first-order chi connectivity index (χ1) is 12.6. The standard InChI is InChI=1S/C19H33N3O4/c1-3-5-10-20-17(23)15-6-8-16(9-7-15)18(24)21-11-13-22(14-12-21)19(25)26-4-2/h15-16H,3-14H2,1-2H3,(H,20,23). The van der Waals surface area contributed by atoms with Crippen LogP contribution in [0, 0.1) is 11.8 Å². The van der Waals surface area contributed by atoms with Crippen LogP contribution in [0.4, 0.5) is 4.79 Å². The summed E-state index contributed by atoms with van der Waals surface area (Å²) in [6.45, 7) is 7.20. The molecule has 0 radical (unpaired) electrons. The minimum absolute atomic E-state index is 0.0174. The summed E-state index contributed by atoms with van der Waals surface area (Å²) in [6, 6.07) is 0. The minimum atomic E-state index is -0.297. The van der Waals surface area contributed by atoms with Gasteiger partial charge in [0.15, 0.2) is 0 Å². The normalized spacial score (nSPS) is 23.5. The number of hydrogen-bond donors (Lipinski definition) is 1. The van der Waals surface area contributed by atoms with Crippen LogP contribution in [0.2, 0.25) is 0 Å². The lowest BCUT2D eigenvalue weighted by Gasteiger charge is -2.37. The highest BCUT2D eigenvalue weighted by Gasteiger charge is 2.33. The van der Waals surface area contributed by atoms with Crippen molar-refractivity contribution in [2.75, 3.05) is 39.3 Å². The summed E-state index contributed by atoms with van der Waals surface area (Å²) in [7, 11) is 0. The van der Waals surface area contributed by atoms with Gasteiger partial charge in [-0.25, -0.2) is 4.79 Å². The minimum Gasteiger partial charge on any atom is -0.450 e. The summed E-state index contributed by atoms with van der Waals surface area (Å²) < 4.78 is 5.01. The molecule has 1 aliphatic carbocycles. The van der Waals surface area contributed by atoms with Gasteiger partial charge in [-0.3, -0.25) is 9.59 Å². The van der Waals surface area contributed by atoms with Crippen molar-refractivity contribution < 1.29 is 19.1 Å². The number of unbranched alkanes of at least 4 members (excludes halogenated alkanes) is 1. The molecule has 2 rings (SSSR count). The molecule has 1 heterocycles. The van der Waals surface area contributed by atoms with Crippen LogP contribution in [-0.2, 0) is 14.3 Å². The number of carbonyl (C=O) groups excluding carboxylic acids is 3. The average molecular weight is 367 g/mol. The molecule has 2 fully saturated rings. The highest BCUT2D eigenvalue weighted by atomic mass is 16.6. The van der Waals surface area contributed by atoms with Crippen molar-refractivity contribution in [3.05, 3.63) is 0 Å². The van der Waals surface area contributed by atoms with Gasteiger partial charge in [-0.2, -0.15) is 0 Å². The topological polar surface area (TPSA) is 79.0 Å². The van der Waals surface area contributed by atoms with Crippen LogP contribution >= 0.6 is 0 Å². The van der Waals surface area contributed by atoms with Crippen molar-refractivity contribution in [3.8, 4) is 0 Å². The van der Waals surface area contributed by atoms with Crippen molar-refractivity contribution in [1.29, 1.82) is 0 Å². The van der Waals surface area contributed by atoms with Crippen molar-refractivity contribution in [2.45, 2.75) is 52.4 Å². The van der Waals surface area contributed by atoms with Crippen LogP contribution in [0.15, 0.2) is 0 Å². The molecule has 3 amide bonds. The third-order valence-electron chi connectivity index (χ3n) is 5.39. The number of nitrogens with one attached hydrogen (secondary N) is 1. The molecule has 148 valence electrons. The van der Waals surface area contributed by atoms with Gasteiger partial charge in [0.1, 0.15) is 0 Å². The molecule has 2 aliphatic rings. The third-order valence-corrected chi connectivity index (χ3v) is 5.39. The Morgan fingerprint density at radius 2 is 1.50 bits per heavy atom. The van der Waals surface area contributed by atoms with Gasteiger partial charge >= 0.3 is 6.09 Å². The Bertz CT molecular complexity index is 481. The van der Waals surface area contributed by atoms with Gasteiger partial charge in [-0.15, -0.1) is 0 Å². The van der Waals surface area contributed by atoms with E-state index in [1.807, 2.05) is 4.90 Å². The van der Waals surface area contributed by atoms with E-state index in [4.69, 9.17) is 4.74 Å². The lowest BCUT2D eigenvalue weighted by Crippen LogP contribution is -2.52. The van der Waals surface area contributed by atoms with Gasteiger partial charge in [0, 0.05) is 44.6 Å². The van der Waals surface area contributed by atoms with Crippen molar-refractivity contribution in [1.82, 2.24) is 15.1 Å². The summed E-state index contributed by atoms with van der Waals surface area (Å²) in [5.41, 5.74) is 0. The molecular weight excluding hydrogens is 334 g/mol. The van der Waals surface area contributed by atoms with E-state index in [9.17, 15) is 14.4 Å². The second-order valence-electron chi connectivity index (χ2n) is 7.20. The van der Waals surface area contributed by atoms with E-state index in [0.717, 1.165) is 45.1 Å². The second-order valence-corrected chi connectivity index (χ2v) is 7.20. The first-order valence-corrected chi connectivity index (χ1v) is 10.0. The number of piperazine rings is 1. The van der Waals surface area contributed by atoms with Crippen molar-refractivity contribution >= 4 is 17.9 Å². The number of amides is 3. The summed E-state index contributed by atoms with van der Waals surface area (Å²) in [6.07, 6.45) is 4.93. The molecule has 0 aromatic rings. The molecular formula is C19H33N3O4. The van der Waals surface area contributed by atoms with Crippen LogP contribution in [-0.4, -0.2) is 67.0 Å². The van der Waals surface area contributed by atoms with Gasteiger partial charge < -0.3 is 19.9 Å². The molecule has 0 aromatic carbocycles. The number of rotatable bonds is 6. The Labute approximate surface area is 156 Å². The summed E-state index contributed by atoms with van der Waals surface area (Å²) >= 11 is 0. The van der Waals surface area contributed by atoms with Gasteiger partial charge in [0.2, 0.25) is 11.8 Å². The smallest absolute Gasteiger partial charge is 0.409 e. The maximum atomic E-state index is 12.7. The zero-order chi connectivity index (χ0) is 18.9. The molecule has 1 saturated carbocycles. The Kier molecular flexibility index (Phi) is 8.19. The fraction of sp³-hybridized carbons (Fsp3) is 0.842. The quantitative estimate of drug-likeness (QED) is 0.729. The molecule has 0 atom stereocenters. The molecule has 0 spiro atoms. The molecule has 0 aromatic heterocycles. The molecule has 1 aliphatic heterocycles. The lowest BCUT2D eigenvalue weighted by atomic mass is 9.81. The van der Waals surface area contributed by atoms with Crippen LogP contribution in [0.3, 0.4) is 0 Å². The maximum Gasteiger partial charge on any atom is 0.409 e. The average Bonchev–Trinajstić information content (AvgIpc) is 2.68. The van der Waals surface area contributed by atoms with E-state index in [2.05, 4.69) is 12.2 Å². The predicted molar refractivity (Wildman–Crippen MR) is 98.5 cm³/mol. The first kappa shape index (κ1) is 20.5. The highest BCUT2D eigenvalue weighted by Crippen LogP contribution is 2.30. The van der Waals surface area contributed by atoms with E-state index in [1.165, 1.54) is 0 Å². The number of hydrogen-bond acceptors (Lipinski definition) is 4. The number of ether oxygens (including phenoxy) is 1. The first-order valence-electron chi connectivity index (χ1n) is 10.0. The fourth-order valence-electron chi connectivity index (χ4n) is 3.72. The molecule has 0 bridgehead atoms. The molecule has 7 heteroatoms. The molecule has 7 nitrogen and oxygen atoms in total. The number of nitrogens with zero attached hydrogens (tertiary/aromatic N) is 2. The molecule has 26 heavy (non-hydrogen) atoms. The van der Waals surface area contributed by atoms with Gasteiger partial charge in [0.25, 0.3) is 0 Å². The van der Waals surface area contributed by atoms with Gasteiger partial charge in [-0.05, 0) is 39.0 Å². The van der Waals surface area contributed by atoms with E-state index in [-0.39, 0.29) is 29.7 Å². The van der Waals surface area contributed by atoms with Crippen LogP contribution in [0.1, 0.15) is 52.4 Å². The second kappa shape index (κ2) is 10.4. The Morgan fingerprint density at radius 1 is 0.923 bits per heavy atom. The predicted octanol–water partition coefficient (Wildman–Crippen LogP) is 2.01. The highest BCUT2D eigenvalue weighted by molar-refractivity contribution is 5.81. The van der Waals surface area contributed by atoms with Crippen LogP contribution in [0.5, 0.6) is 0 Å². The van der Waals surface area contributed by atoms with Crippen molar-refractivity contribution in [3.63, 3.8) is 0 Å². The van der Waals surface area contributed by atoms with Crippen molar-refractivity contribution in [2.24, 2.45) is 11.8 Å². The summed E-state index contributed by atoms with van der Waals surface area (Å²) in [5.74, 6) is 0.395. The van der Waals surface area contributed by atoms with E-state index < -0.39 is 0 Å². The fourth-order valence-corrected chi connectivity index (χ4v) is 3.72. The monoisotopic (exact) mass is 367 g/mol. The Balaban J connectivity index is 1.72. The van der Waals surface area contributed by atoms with Gasteiger partial charge in [0.05, 0.1) is 6.61 Å². The third kappa shape index (κ3) is 5.61. The van der Waals surface area contributed by atoms with E-state index in [0.29, 0.717) is 32.8 Å². The zero-order valence-corrected chi connectivity index (χ0v) is 16.2. The Morgan fingerprint density at radius 3 is 2.08 bits per heavy atom. The van der Waals surface area contributed by atoms with E-state index >= 15 is 0 Å². The van der Waals surface area contributed by atoms with Crippen LogP contribution in [0.25, 0.3) is 0 Å². The van der Waals surface area contributed by atoms with Gasteiger partial charge in [-0.1, -0.05) is 13.3 Å². The lowest BCUT2D eigenvalue weighted by molar-refractivity contribution is -0.139. The summed E-state index contributed by atoms with van der Waals surface area (Å²) in [5, 5.41) is 3.00. The SMILES string of the molecule is CCCCNC(=O)C1CCC(C(=O)N2CCN(C(=O)OCC)CC2)CC1. The molecule has 1 saturated heterocycles. The number of carbonyl (C=O) groups is 3. The maximum absolute atomic E-state index is 12.7. The molecule has 1 N–H and O–H groups in total. The Hall–Kier alpha value is -1.79. The molecule has 0 unspecified atom stereocenters. The summed E-state index contributed by atoms with van der Waals surface area (Å²) in [4.78, 5) is 40.1. The largest absolute Gasteiger partial charge is 0.450 e. The van der Waals surface area contributed by atoms with Crippen LogP contribution < -0.4 is 5.32 Å². The van der Waals surface area contributed by atoms with E-state index in [1.54, 1.807) is 11.8 Å².